The van der Waals surface area contributed by atoms with Crippen molar-refractivity contribution in [1.82, 2.24) is 0 Å². The van der Waals surface area contributed by atoms with Crippen LogP contribution in [0.25, 0.3) is 0 Å². The van der Waals surface area contributed by atoms with Crippen molar-refractivity contribution in [2.24, 2.45) is 0 Å². The van der Waals surface area contributed by atoms with Crippen molar-refractivity contribution in [3.63, 3.8) is 0 Å². The molecule has 120 valence electrons. The topological polar surface area (TPSA) is 52.6 Å². The zero-order chi connectivity index (χ0) is 16.8. The maximum atomic E-state index is 12.7. The number of carbonyl (C=O) groups is 2. The highest BCUT2D eigenvalue weighted by molar-refractivity contribution is 9.10. The fourth-order valence-corrected chi connectivity index (χ4v) is 2.50. The molecule has 0 aliphatic heterocycles. The SMILES string of the molecule is CCOC(=O)COc1ccc(Cl)cc1C(=O)c1cccc(Br)c1. The molecule has 0 radical (unpaired) electrons. The zero-order valence-corrected chi connectivity index (χ0v) is 14.7. The molecule has 0 saturated heterocycles. The van der Waals surface area contributed by atoms with E-state index in [9.17, 15) is 9.59 Å². The van der Waals surface area contributed by atoms with E-state index in [1.54, 1.807) is 37.3 Å². The molecular formula is C17H14BrClO4. The molecule has 0 amide bonds. The Balaban J connectivity index is 2.28. The number of carbonyl (C=O) groups excluding carboxylic acids is 2. The van der Waals surface area contributed by atoms with E-state index in [0.29, 0.717) is 16.1 Å². The van der Waals surface area contributed by atoms with E-state index in [-0.39, 0.29) is 24.7 Å². The highest BCUT2D eigenvalue weighted by Crippen LogP contribution is 2.26. The predicted octanol–water partition coefficient (Wildman–Crippen LogP) is 4.28. The second-order valence-electron chi connectivity index (χ2n) is 4.57. The van der Waals surface area contributed by atoms with Crippen LogP contribution in [-0.4, -0.2) is 25.0 Å². The molecule has 2 aromatic rings. The fraction of sp³-hybridized carbons (Fsp3) is 0.176. The number of rotatable bonds is 6. The van der Waals surface area contributed by atoms with Crippen LogP contribution in [0.1, 0.15) is 22.8 Å². The number of ether oxygens (including phenoxy) is 2. The van der Waals surface area contributed by atoms with Gasteiger partial charge in [0, 0.05) is 15.1 Å². The summed E-state index contributed by atoms with van der Waals surface area (Å²) in [5.41, 5.74) is 0.780. The van der Waals surface area contributed by atoms with Crippen molar-refractivity contribution in [3.05, 3.63) is 63.1 Å². The molecule has 2 rings (SSSR count). The van der Waals surface area contributed by atoms with Crippen molar-refractivity contribution >= 4 is 39.3 Å². The van der Waals surface area contributed by atoms with Gasteiger partial charge in [-0.3, -0.25) is 4.79 Å². The quantitative estimate of drug-likeness (QED) is 0.539. The largest absolute Gasteiger partial charge is 0.481 e. The second-order valence-corrected chi connectivity index (χ2v) is 5.93. The number of hydrogen-bond acceptors (Lipinski definition) is 4. The minimum Gasteiger partial charge on any atom is -0.481 e. The molecule has 0 bridgehead atoms. The van der Waals surface area contributed by atoms with Gasteiger partial charge in [-0.15, -0.1) is 0 Å². The number of ketones is 1. The molecular weight excluding hydrogens is 384 g/mol. The van der Waals surface area contributed by atoms with Crippen LogP contribution in [-0.2, 0) is 9.53 Å². The van der Waals surface area contributed by atoms with Gasteiger partial charge >= 0.3 is 5.97 Å². The van der Waals surface area contributed by atoms with Gasteiger partial charge in [-0.1, -0.05) is 39.7 Å². The lowest BCUT2D eigenvalue weighted by Crippen LogP contribution is -2.16. The van der Waals surface area contributed by atoms with Crippen LogP contribution in [0.5, 0.6) is 5.75 Å². The number of benzene rings is 2. The Morgan fingerprint density at radius 2 is 1.96 bits per heavy atom. The summed E-state index contributed by atoms with van der Waals surface area (Å²) >= 11 is 9.32. The summed E-state index contributed by atoms with van der Waals surface area (Å²) in [4.78, 5) is 24.1. The molecule has 4 nitrogen and oxygen atoms in total. The Labute approximate surface area is 147 Å². The van der Waals surface area contributed by atoms with E-state index in [1.165, 1.54) is 6.07 Å². The summed E-state index contributed by atoms with van der Waals surface area (Å²) in [6.07, 6.45) is 0. The zero-order valence-electron chi connectivity index (χ0n) is 12.3. The third-order valence-electron chi connectivity index (χ3n) is 2.92. The molecule has 0 unspecified atom stereocenters. The lowest BCUT2D eigenvalue weighted by atomic mass is 10.0. The Morgan fingerprint density at radius 1 is 1.17 bits per heavy atom. The first-order valence-electron chi connectivity index (χ1n) is 6.89. The molecule has 0 fully saturated rings. The number of hydrogen-bond donors (Lipinski definition) is 0. The lowest BCUT2D eigenvalue weighted by Gasteiger charge is -2.11. The van der Waals surface area contributed by atoms with Gasteiger partial charge in [0.2, 0.25) is 0 Å². The monoisotopic (exact) mass is 396 g/mol. The van der Waals surface area contributed by atoms with Crippen molar-refractivity contribution in [3.8, 4) is 5.75 Å². The molecule has 0 saturated carbocycles. The van der Waals surface area contributed by atoms with Gasteiger partial charge in [0.1, 0.15) is 5.75 Å². The van der Waals surface area contributed by atoms with Crippen molar-refractivity contribution in [1.29, 1.82) is 0 Å². The summed E-state index contributed by atoms with van der Waals surface area (Å²) in [7, 11) is 0. The molecule has 0 atom stereocenters. The first-order chi connectivity index (χ1) is 11.0. The molecule has 0 aromatic heterocycles. The molecule has 0 heterocycles. The van der Waals surface area contributed by atoms with Gasteiger partial charge in [-0.25, -0.2) is 4.79 Å². The summed E-state index contributed by atoms with van der Waals surface area (Å²) in [5.74, 6) is -0.455. The minimum absolute atomic E-state index is 0.243. The highest BCUT2D eigenvalue weighted by Gasteiger charge is 2.17. The summed E-state index contributed by atoms with van der Waals surface area (Å²) in [5, 5.41) is 0.409. The Morgan fingerprint density at radius 3 is 2.65 bits per heavy atom. The van der Waals surface area contributed by atoms with Gasteiger partial charge in [-0.05, 0) is 37.3 Å². The van der Waals surface area contributed by atoms with Gasteiger partial charge in [0.25, 0.3) is 0 Å². The van der Waals surface area contributed by atoms with Crippen LogP contribution in [0.4, 0.5) is 0 Å². The third-order valence-corrected chi connectivity index (χ3v) is 3.65. The van der Waals surface area contributed by atoms with Crippen LogP contribution in [0.15, 0.2) is 46.9 Å². The molecule has 0 aliphatic rings. The van der Waals surface area contributed by atoms with Crippen molar-refractivity contribution < 1.29 is 19.1 Å². The molecule has 0 aliphatic carbocycles. The normalized spacial score (nSPS) is 10.2. The first kappa shape index (κ1) is 17.5. The van der Waals surface area contributed by atoms with Crippen LogP contribution in [0, 0.1) is 0 Å². The second kappa shape index (κ2) is 8.13. The van der Waals surface area contributed by atoms with E-state index in [0.717, 1.165) is 4.47 Å². The van der Waals surface area contributed by atoms with Crippen molar-refractivity contribution in [2.75, 3.05) is 13.2 Å². The minimum atomic E-state index is -0.497. The first-order valence-corrected chi connectivity index (χ1v) is 8.06. The fourth-order valence-electron chi connectivity index (χ4n) is 1.93. The number of esters is 1. The summed E-state index contributed by atoms with van der Waals surface area (Å²) in [6, 6.07) is 11.7. The van der Waals surface area contributed by atoms with E-state index in [2.05, 4.69) is 15.9 Å². The molecule has 2 aromatic carbocycles. The maximum Gasteiger partial charge on any atom is 0.344 e. The molecule has 23 heavy (non-hydrogen) atoms. The van der Waals surface area contributed by atoms with Gasteiger partial charge in [0.05, 0.1) is 12.2 Å². The average molecular weight is 398 g/mol. The van der Waals surface area contributed by atoms with Crippen LogP contribution in [0.3, 0.4) is 0 Å². The molecule has 0 N–H and O–H groups in total. The van der Waals surface area contributed by atoms with Crippen LogP contribution in [0.2, 0.25) is 5.02 Å². The highest BCUT2D eigenvalue weighted by atomic mass is 79.9. The van der Waals surface area contributed by atoms with Crippen LogP contribution >= 0.6 is 27.5 Å². The smallest absolute Gasteiger partial charge is 0.344 e. The molecule has 0 spiro atoms. The maximum absolute atomic E-state index is 12.7. The van der Waals surface area contributed by atoms with E-state index < -0.39 is 5.97 Å². The van der Waals surface area contributed by atoms with E-state index >= 15 is 0 Å². The van der Waals surface area contributed by atoms with Gasteiger partial charge in [0.15, 0.2) is 12.4 Å². The van der Waals surface area contributed by atoms with Crippen LogP contribution < -0.4 is 4.74 Å². The summed E-state index contributed by atoms with van der Waals surface area (Å²) in [6.45, 7) is 1.71. The lowest BCUT2D eigenvalue weighted by molar-refractivity contribution is -0.145. The van der Waals surface area contributed by atoms with Gasteiger partial charge in [-0.2, -0.15) is 0 Å². The predicted molar refractivity (Wildman–Crippen MR) is 91.2 cm³/mol. The van der Waals surface area contributed by atoms with Crippen molar-refractivity contribution in [2.45, 2.75) is 6.92 Å². The molecule has 6 heteroatoms. The Hall–Kier alpha value is -1.85. The standard InChI is InChI=1S/C17H14BrClO4/c1-2-22-16(20)10-23-15-7-6-13(19)9-14(15)17(21)11-4-3-5-12(18)8-11/h3-9H,2,10H2,1H3. The Kier molecular flexibility index (Phi) is 6.19. The number of halogens is 2. The average Bonchev–Trinajstić information content (AvgIpc) is 2.53. The van der Waals surface area contributed by atoms with E-state index in [4.69, 9.17) is 21.1 Å². The van der Waals surface area contributed by atoms with Gasteiger partial charge < -0.3 is 9.47 Å². The Bertz CT molecular complexity index is 730. The van der Waals surface area contributed by atoms with E-state index in [1.807, 2.05) is 6.07 Å². The summed E-state index contributed by atoms with van der Waals surface area (Å²) < 4.78 is 11.0. The third kappa shape index (κ3) is 4.81.